The fraction of sp³-hybridized carbons (Fsp3) is 0.235. The second-order valence-electron chi connectivity index (χ2n) is 4.96. The van der Waals surface area contributed by atoms with Gasteiger partial charge in [-0.3, -0.25) is 14.9 Å². The van der Waals surface area contributed by atoms with Gasteiger partial charge in [0.05, 0.1) is 17.7 Å². The van der Waals surface area contributed by atoms with E-state index < -0.39 is 16.9 Å². The number of nitrogens with one attached hydrogen (secondary N) is 1. The summed E-state index contributed by atoms with van der Waals surface area (Å²) in [5.74, 6) is 0.508. The summed E-state index contributed by atoms with van der Waals surface area (Å²) in [6.07, 6.45) is -0.283. The zero-order valence-electron chi connectivity index (χ0n) is 13.4. The Balaban J connectivity index is 2.17. The standard InChI is InChI=1S/C17H18N2O5/c1-3-15(24-13-7-5-4-6-8-13)17(20)18-14-11-12(19(21)22)9-10-16(14)23-2/h4-11,15H,3H2,1-2H3,(H,18,20)/t15-/m0/s1. The number of benzene rings is 2. The normalized spacial score (nSPS) is 11.4. The molecule has 1 amide bonds. The highest BCUT2D eigenvalue weighted by atomic mass is 16.6. The molecule has 2 rings (SSSR count). The Morgan fingerprint density at radius 3 is 2.54 bits per heavy atom. The lowest BCUT2D eigenvalue weighted by Gasteiger charge is -2.18. The molecule has 0 aliphatic heterocycles. The van der Waals surface area contributed by atoms with Crippen LogP contribution in [0.25, 0.3) is 0 Å². The lowest BCUT2D eigenvalue weighted by atomic mass is 10.2. The number of rotatable bonds is 7. The van der Waals surface area contributed by atoms with Gasteiger partial charge in [-0.2, -0.15) is 0 Å². The summed E-state index contributed by atoms with van der Waals surface area (Å²) >= 11 is 0. The van der Waals surface area contributed by atoms with Crippen LogP contribution in [0.2, 0.25) is 0 Å². The SMILES string of the molecule is CC[C@H](Oc1ccccc1)C(=O)Nc1cc([N+](=O)[O-])ccc1OC. The number of ether oxygens (including phenoxy) is 2. The van der Waals surface area contributed by atoms with E-state index in [1.54, 1.807) is 12.1 Å². The van der Waals surface area contributed by atoms with E-state index in [1.165, 1.54) is 25.3 Å². The quantitative estimate of drug-likeness (QED) is 0.620. The van der Waals surface area contributed by atoms with Crippen LogP contribution >= 0.6 is 0 Å². The maximum absolute atomic E-state index is 12.4. The molecule has 7 nitrogen and oxygen atoms in total. The second kappa shape index (κ2) is 7.96. The Hall–Kier alpha value is -3.09. The molecule has 0 heterocycles. The number of nitrogens with zero attached hydrogens (tertiary/aromatic N) is 1. The predicted molar refractivity (Wildman–Crippen MR) is 89.4 cm³/mol. The van der Waals surface area contributed by atoms with Gasteiger partial charge in [-0.05, 0) is 24.6 Å². The summed E-state index contributed by atoms with van der Waals surface area (Å²) in [5.41, 5.74) is 0.0925. The van der Waals surface area contributed by atoms with Crippen LogP contribution in [0.1, 0.15) is 13.3 Å². The number of anilines is 1. The van der Waals surface area contributed by atoms with Crippen molar-refractivity contribution in [2.45, 2.75) is 19.4 Å². The maximum atomic E-state index is 12.4. The number of nitro groups is 1. The third-order valence-electron chi connectivity index (χ3n) is 3.34. The van der Waals surface area contributed by atoms with E-state index in [0.717, 1.165) is 0 Å². The Kier molecular flexibility index (Phi) is 5.73. The van der Waals surface area contributed by atoms with E-state index in [1.807, 2.05) is 25.1 Å². The van der Waals surface area contributed by atoms with Crippen molar-refractivity contribution >= 4 is 17.3 Å². The number of carbonyl (C=O) groups excluding carboxylic acids is 1. The van der Waals surface area contributed by atoms with Gasteiger partial charge >= 0.3 is 0 Å². The van der Waals surface area contributed by atoms with Crippen molar-refractivity contribution in [3.8, 4) is 11.5 Å². The number of nitro benzene ring substituents is 1. The second-order valence-corrected chi connectivity index (χ2v) is 4.96. The Labute approximate surface area is 139 Å². The fourth-order valence-corrected chi connectivity index (χ4v) is 2.11. The minimum absolute atomic E-state index is 0.136. The summed E-state index contributed by atoms with van der Waals surface area (Å²) in [6.45, 7) is 1.82. The van der Waals surface area contributed by atoms with Crippen molar-refractivity contribution in [3.63, 3.8) is 0 Å². The van der Waals surface area contributed by atoms with Crippen LogP contribution in [0.15, 0.2) is 48.5 Å². The van der Waals surface area contributed by atoms with E-state index in [4.69, 9.17) is 9.47 Å². The third kappa shape index (κ3) is 4.22. The number of methoxy groups -OCH3 is 1. The first-order valence-corrected chi connectivity index (χ1v) is 7.40. The first-order chi connectivity index (χ1) is 11.5. The van der Waals surface area contributed by atoms with Crippen molar-refractivity contribution in [1.29, 1.82) is 0 Å². The first-order valence-electron chi connectivity index (χ1n) is 7.40. The minimum Gasteiger partial charge on any atom is -0.495 e. The highest BCUT2D eigenvalue weighted by Gasteiger charge is 2.21. The minimum atomic E-state index is -0.726. The molecule has 0 saturated heterocycles. The van der Waals surface area contributed by atoms with E-state index in [0.29, 0.717) is 17.9 Å². The molecular formula is C17H18N2O5. The largest absolute Gasteiger partial charge is 0.495 e. The molecule has 0 spiro atoms. The summed E-state index contributed by atoms with van der Waals surface area (Å²) in [5, 5.41) is 13.5. The first kappa shape index (κ1) is 17.3. The summed E-state index contributed by atoms with van der Waals surface area (Å²) < 4.78 is 10.8. The van der Waals surface area contributed by atoms with E-state index >= 15 is 0 Å². The summed E-state index contributed by atoms with van der Waals surface area (Å²) in [7, 11) is 1.43. The molecule has 0 fully saturated rings. The average molecular weight is 330 g/mol. The number of carbonyl (C=O) groups is 1. The molecule has 0 saturated carbocycles. The van der Waals surface area contributed by atoms with Gasteiger partial charge in [-0.25, -0.2) is 0 Å². The van der Waals surface area contributed by atoms with E-state index in [9.17, 15) is 14.9 Å². The lowest BCUT2D eigenvalue weighted by molar-refractivity contribution is -0.384. The summed E-state index contributed by atoms with van der Waals surface area (Å²) in [6, 6.07) is 13.0. The van der Waals surface area contributed by atoms with Crippen molar-refractivity contribution < 1.29 is 19.2 Å². The number of non-ortho nitro benzene ring substituents is 1. The zero-order valence-corrected chi connectivity index (χ0v) is 13.4. The molecule has 0 bridgehead atoms. The highest BCUT2D eigenvalue weighted by Crippen LogP contribution is 2.29. The van der Waals surface area contributed by atoms with Crippen molar-refractivity contribution in [2.75, 3.05) is 12.4 Å². The van der Waals surface area contributed by atoms with Crippen LogP contribution in [0.3, 0.4) is 0 Å². The predicted octanol–water partition coefficient (Wildman–Crippen LogP) is 3.40. The third-order valence-corrected chi connectivity index (χ3v) is 3.34. The van der Waals surface area contributed by atoms with Gasteiger partial charge < -0.3 is 14.8 Å². The van der Waals surface area contributed by atoms with Gasteiger partial charge in [0.1, 0.15) is 11.5 Å². The van der Waals surface area contributed by atoms with Crippen LogP contribution in [-0.2, 0) is 4.79 Å². The molecule has 0 aliphatic rings. The van der Waals surface area contributed by atoms with Crippen molar-refractivity contribution in [1.82, 2.24) is 0 Å². The van der Waals surface area contributed by atoms with E-state index in [2.05, 4.69) is 5.32 Å². The molecule has 7 heteroatoms. The molecule has 0 aromatic heterocycles. The number of amides is 1. The average Bonchev–Trinajstić information content (AvgIpc) is 2.60. The molecule has 2 aromatic carbocycles. The number of hydrogen-bond acceptors (Lipinski definition) is 5. The van der Waals surface area contributed by atoms with Crippen LogP contribution in [0.5, 0.6) is 11.5 Å². The molecule has 126 valence electrons. The van der Waals surface area contributed by atoms with Gasteiger partial charge in [0, 0.05) is 12.1 Å². The molecule has 1 atom stereocenters. The van der Waals surface area contributed by atoms with E-state index in [-0.39, 0.29) is 11.4 Å². The molecule has 24 heavy (non-hydrogen) atoms. The van der Waals surface area contributed by atoms with Crippen molar-refractivity contribution in [2.24, 2.45) is 0 Å². The Bertz CT molecular complexity index is 718. The van der Waals surface area contributed by atoms with Gasteiger partial charge in [0.15, 0.2) is 6.10 Å². The highest BCUT2D eigenvalue weighted by molar-refractivity contribution is 5.96. The molecule has 0 unspecified atom stereocenters. The van der Waals surface area contributed by atoms with Gasteiger partial charge in [-0.15, -0.1) is 0 Å². The smallest absolute Gasteiger partial charge is 0.271 e. The van der Waals surface area contributed by atoms with Crippen molar-refractivity contribution in [3.05, 3.63) is 58.6 Å². The molecule has 1 N–H and O–H groups in total. The number of hydrogen-bond donors (Lipinski definition) is 1. The van der Waals surface area contributed by atoms with Crippen LogP contribution < -0.4 is 14.8 Å². The van der Waals surface area contributed by atoms with Gasteiger partial charge in [0.25, 0.3) is 11.6 Å². The lowest BCUT2D eigenvalue weighted by Crippen LogP contribution is -2.32. The van der Waals surface area contributed by atoms with Crippen LogP contribution in [0, 0.1) is 10.1 Å². The molecule has 0 radical (unpaired) electrons. The fourth-order valence-electron chi connectivity index (χ4n) is 2.11. The molecule has 2 aromatic rings. The van der Waals surface area contributed by atoms with Crippen LogP contribution in [-0.4, -0.2) is 24.0 Å². The maximum Gasteiger partial charge on any atom is 0.271 e. The topological polar surface area (TPSA) is 90.7 Å². The van der Waals surface area contributed by atoms with Crippen LogP contribution in [0.4, 0.5) is 11.4 Å². The molecule has 0 aliphatic carbocycles. The Morgan fingerprint density at radius 1 is 1.25 bits per heavy atom. The summed E-state index contributed by atoms with van der Waals surface area (Å²) in [4.78, 5) is 22.8. The zero-order chi connectivity index (χ0) is 17.5. The Morgan fingerprint density at radius 2 is 1.96 bits per heavy atom. The monoisotopic (exact) mass is 330 g/mol. The number of para-hydroxylation sites is 1. The van der Waals surface area contributed by atoms with Gasteiger partial charge in [-0.1, -0.05) is 25.1 Å². The van der Waals surface area contributed by atoms with Gasteiger partial charge in [0.2, 0.25) is 0 Å². The molecular weight excluding hydrogens is 312 g/mol.